The molecule has 1 unspecified atom stereocenters. The summed E-state index contributed by atoms with van der Waals surface area (Å²) in [5.74, 6) is -0.402. The Morgan fingerprint density at radius 3 is 2.47 bits per heavy atom. The van der Waals surface area contributed by atoms with E-state index in [9.17, 15) is 9.59 Å². The van der Waals surface area contributed by atoms with Crippen LogP contribution in [0.5, 0.6) is 0 Å². The summed E-state index contributed by atoms with van der Waals surface area (Å²) in [5, 5.41) is 9.54. The van der Waals surface area contributed by atoms with Gasteiger partial charge in [-0.05, 0) is 0 Å². The third kappa shape index (κ3) is 8.50. The van der Waals surface area contributed by atoms with E-state index in [-0.39, 0.29) is 22.7 Å². The molecule has 0 saturated heterocycles. The minimum atomic E-state index is -0.946. The Bertz CT molecular complexity index is 270. The van der Waals surface area contributed by atoms with Crippen LogP contribution in [0.2, 0.25) is 5.21 Å². The molecular weight excluding hydrogens is 306 g/mol. The van der Waals surface area contributed by atoms with Gasteiger partial charge < -0.3 is 0 Å². The van der Waals surface area contributed by atoms with Gasteiger partial charge in [0.05, 0.1) is 0 Å². The SMILES string of the molecule is CC(C)C[C@](C)(C[AsH]C(=O)OCCl)CC(=O)O. The summed E-state index contributed by atoms with van der Waals surface area (Å²) in [6.45, 7) is 6.03. The van der Waals surface area contributed by atoms with Crippen molar-refractivity contribution in [3.8, 4) is 0 Å². The van der Waals surface area contributed by atoms with E-state index in [0.29, 0.717) is 11.1 Å². The van der Waals surface area contributed by atoms with Crippen molar-refractivity contribution in [3.63, 3.8) is 0 Å². The number of carboxylic acid groups (broad SMARTS) is 1. The Balaban J connectivity index is 4.37. The molecule has 0 aliphatic heterocycles. The molecule has 0 saturated carbocycles. The van der Waals surface area contributed by atoms with Crippen molar-refractivity contribution in [2.75, 3.05) is 6.07 Å². The molecule has 6 heteroatoms. The van der Waals surface area contributed by atoms with Gasteiger partial charge in [0.2, 0.25) is 0 Å². The standard InChI is InChI=1S/C11H20AsClO4/c1-8(2)4-11(3,5-9(14)15)6-12-10(16)17-7-13/h8,12H,4-7H2,1-3H3,(H,14,15)/t11-/m0/s1. The molecule has 0 fully saturated rings. The maximum absolute atomic E-state index is 11.3. The predicted octanol–water partition coefficient (Wildman–Crippen LogP) is 2.70. The average molecular weight is 327 g/mol. The van der Waals surface area contributed by atoms with Crippen molar-refractivity contribution in [3.05, 3.63) is 0 Å². The van der Waals surface area contributed by atoms with Gasteiger partial charge >= 0.3 is 114 Å². The van der Waals surface area contributed by atoms with E-state index in [4.69, 9.17) is 16.7 Å². The number of carbonyl (C=O) groups excluding carboxylic acids is 1. The van der Waals surface area contributed by atoms with E-state index in [1.165, 1.54) is 0 Å². The zero-order valence-electron chi connectivity index (χ0n) is 10.5. The summed E-state index contributed by atoms with van der Waals surface area (Å²) in [7, 11) is 0. The zero-order chi connectivity index (χ0) is 13.5. The minimum absolute atomic E-state index is 0.100. The first-order chi connectivity index (χ1) is 7.79. The molecule has 0 aromatic heterocycles. The van der Waals surface area contributed by atoms with Crippen LogP contribution in [-0.2, 0) is 9.53 Å². The quantitative estimate of drug-likeness (QED) is 0.550. The molecule has 0 aromatic rings. The fourth-order valence-corrected chi connectivity index (χ4v) is 4.36. The molecule has 0 heterocycles. The second kappa shape index (κ2) is 7.99. The van der Waals surface area contributed by atoms with E-state index in [1.54, 1.807) is 0 Å². The first kappa shape index (κ1) is 16.8. The van der Waals surface area contributed by atoms with Gasteiger partial charge in [0.25, 0.3) is 0 Å². The Labute approximate surface area is 114 Å². The molecule has 1 N–H and O–H groups in total. The summed E-state index contributed by atoms with van der Waals surface area (Å²) >= 11 is 4.35. The molecule has 0 spiro atoms. The molecule has 0 bridgehead atoms. The Morgan fingerprint density at radius 2 is 2.06 bits per heavy atom. The van der Waals surface area contributed by atoms with Crippen molar-refractivity contribution in [1.82, 2.24) is 0 Å². The van der Waals surface area contributed by atoms with E-state index in [0.717, 1.165) is 6.42 Å². The Hall–Kier alpha value is -0.212. The molecule has 4 nitrogen and oxygen atoms in total. The fraction of sp³-hybridized carbons (Fsp3) is 0.818. The van der Waals surface area contributed by atoms with Crippen molar-refractivity contribution >= 4 is 38.1 Å². The van der Waals surface area contributed by atoms with E-state index >= 15 is 0 Å². The first-order valence-electron chi connectivity index (χ1n) is 5.47. The van der Waals surface area contributed by atoms with Gasteiger partial charge in [0, 0.05) is 0 Å². The third-order valence-electron chi connectivity index (χ3n) is 2.32. The van der Waals surface area contributed by atoms with E-state index < -0.39 is 21.7 Å². The summed E-state index contributed by atoms with van der Waals surface area (Å²) in [4.78, 5) is 22.1. The van der Waals surface area contributed by atoms with Crippen molar-refractivity contribution in [2.24, 2.45) is 11.3 Å². The van der Waals surface area contributed by atoms with Crippen molar-refractivity contribution < 1.29 is 19.4 Å². The average Bonchev–Trinajstić information content (AvgIpc) is 2.12. The first-order valence-corrected chi connectivity index (χ1v) is 8.54. The number of hydrogen-bond acceptors (Lipinski definition) is 3. The number of rotatable bonds is 8. The van der Waals surface area contributed by atoms with Gasteiger partial charge in [-0.1, -0.05) is 0 Å². The van der Waals surface area contributed by atoms with E-state index in [1.807, 2.05) is 6.92 Å². The molecule has 17 heavy (non-hydrogen) atoms. The molecular formula is C11H20AsClO4. The van der Waals surface area contributed by atoms with Gasteiger partial charge in [-0.15, -0.1) is 0 Å². The fourth-order valence-electron chi connectivity index (χ4n) is 1.94. The molecule has 0 aliphatic carbocycles. The van der Waals surface area contributed by atoms with E-state index in [2.05, 4.69) is 18.6 Å². The third-order valence-corrected chi connectivity index (χ3v) is 5.50. The van der Waals surface area contributed by atoms with Crippen molar-refractivity contribution in [2.45, 2.75) is 38.8 Å². The number of alkyl halides is 1. The zero-order valence-corrected chi connectivity index (χ0v) is 13.3. The number of carboxylic acids is 1. The van der Waals surface area contributed by atoms with Crippen LogP contribution in [0.4, 0.5) is 4.79 Å². The molecule has 0 aromatic carbocycles. The van der Waals surface area contributed by atoms with Gasteiger partial charge in [-0.3, -0.25) is 0 Å². The van der Waals surface area contributed by atoms with Crippen LogP contribution in [0, 0.1) is 11.3 Å². The van der Waals surface area contributed by atoms with Crippen LogP contribution < -0.4 is 0 Å². The molecule has 0 rings (SSSR count). The van der Waals surface area contributed by atoms with Crippen LogP contribution in [0.3, 0.4) is 0 Å². The van der Waals surface area contributed by atoms with Gasteiger partial charge in [0.15, 0.2) is 0 Å². The molecule has 0 aliphatic rings. The topological polar surface area (TPSA) is 63.6 Å². The second-order valence-corrected chi connectivity index (χ2v) is 7.43. The molecule has 0 radical (unpaired) electrons. The van der Waals surface area contributed by atoms with Crippen molar-refractivity contribution in [1.29, 1.82) is 0 Å². The van der Waals surface area contributed by atoms with Crippen LogP contribution >= 0.6 is 11.6 Å². The Morgan fingerprint density at radius 1 is 1.47 bits per heavy atom. The Kier molecular flexibility index (Phi) is 7.89. The number of halogens is 1. The number of carbonyl (C=O) groups is 2. The maximum atomic E-state index is 11.3. The van der Waals surface area contributed by atoms with Gasteiger partial charge in [-0.25, -0.2) is 0 Å². The summed E-state index contributed by atoms with van der Waals surface area (Å²) < 4.78 is 4.43. The van der Waals surface area contributed by atoms with Crippen LogP contribution in [0.15, 0.2) is 0 Å². The molecule has 2 atom stereocenters. The van der Waals surface area contributed by atoms with Gasteiger partial charge in [0.1, 0.15) is 0 Å². The number of ether oxygens (including phenoxy) is 1. The molecule has 100 valence electrons. The normalized spacial score (nSPS) is 15.1. The predicted molar refractivity (Wildman–Crippen MR) is 69.0 cm³/mol. The van der Waals surface area contributed by atoms with Crippen LogP contribution in [-0.4, -0.2) is 37.7 Å². The van der Waals surface area contributed by atoms with Crippen LogP contribution in [0.25, 0.3) is 0 Å². The number of aliphatic carboxylic acids is 1. The summed E-state index contributed by atoms with van der Waals surface area (Å²) in [5.41, 5.74) is -0.314. The second-order valence-electron chi connectivity index (χ2n) is 4.87. The number of hydrogen-bond donors (Lipinski definition) is 1. The molecule has 0 amide bonds. The summed E-state index contributed by atoms with van der Waals surface area (Å²) in [6, 6.07) is -0.123. The monoisotopic (exact) mass is 326 g/mol. The van der Waals surface area contributed by atoms with Crippen LogP contribution in [0.1, 0.15) is 33.6 Å². The van der Waals surface area contributed by atoms with Gasteiger partial charge in [-0.2, -0.15) is 0 Å². The summed E-state index contributed by atoms with van der Waals surface area (Å²) in [6.07, 6.45) is 0.903.